The van der Waals surface area contributed by atoms with Gasteiger partial charge in [0.05, 0.1) is 22.8 Å². The summed E-state index contributed by atoms with van der Waals surface area (Å²) in [4.78, 5) is 18.4. The van der Waals surface area contributed by atoms with Crippen molar-refractivity contribution in [2.45, 2.75) is 44.5 Å². The summed E-state index contributed by atoms with van der Waals surface area (Å²) in [6.45, 7) is 5.55. The van der Waals surface area contributed by atoms with E-state index in [0.29, 0.717) is 37.4 Å². The quantitative estimate of drug-likeness (QED) is 0.689. The Kier molecular flexibility index (Phi) is 6.45. The number of carbonyl (C=O) groups is 1. The maximum absolute atomic E-state index is 15.1. The van der Waals surface area contributed by atoms with E-state index < -0.39 is 21.9 Å². The van der Waals surface area contributed by atoms with E-state index in [1.165, 1.54) is 12.3 Å². The number of anilines is 2. The first-order chi connectivity index (χ1) is 15.2. The van der Waals surface area contributed by atoms with E-state index in [4.69, 9.17) is 0 Å². The lowest BCUT2D eigenvalue weighted by Crippen LogP contribution is -2.54. The number of benzene rings is 1. The molecule has 172 valence electrons. The van der Waals surface area contributed by atoms with E-state index in [9.17, 15) is 13.2 Å². The molecule has 0 bridgehead atoms. The van der Waals surface area contributed by atoms with Crippen molar-refractivity contribution in [1.82, 2.24) is 14.2 Å². The molecule has 0 spiro atoms. The summed E-state index contributed by atoms with van der Waals surface area (Å²) in [5.74, 6) is -0.495. The third-order valence-electron chi connectivity index (χ3n) is 5.81. The lowest BCUT2D eigenvalue weighted by Gasteiger charge is -2.39. The van der Waals surface area contributed by atoms with Crippen molar-refractivity contribution >= 4 is 27.4 Å². The highest BCUT2D eigenvalue weighted by atomic mass is 32.2. The first-order valence-electron chi connectivity index (χ1n) is 10.7. The number of hydrogen-bond acceptors (Lipinski definition) is 5. The minimum Gasteiger partial charge on any atom is -0.306 e. The number of urea groups is 1. The molecule has 1 aromatic carbocycles. The molecule has 1 aliphatic carbocycles. The van der Waals surface area contributed by atoms with Crippen LogP contribution >= 0.6 is 0 Å². The van der Waals surface area contributed by atoms with Gasteiger partial charge >= 0.3 is 6.03 Å². The zero-order chi connectivity index (χ0) is 22.9. The highest BCUT2D eigenvalue weighted by Crippen LogP contribution is 2.33. The van der Waals surface area contributed by atoms with Crippen LogP contribution in [0.15, 0.2) is 36.5 Å². The van der Waals surface area contributed by atoms with Gasteiger partial charge in [0.25, 0.3) is 0 Å². The lowest BCUT2D eigenvalue weighted by molar-refractivity contribution is 0.136. The third kappa shape index (κ3) is 5.08. The average Bonchev–Trinajstić information content (AvgIpc) is 3.59. The molecule has 1 aliphatic heterocycles. The van der Waals surface area contributed by atoms with Gasteiger partial charge in [0.2, 0.25) is 10.0 Å². The minimum absolute atomic E-state index is 0.0862. The van der Waals surface area contributed by atoms with Crippen LogP contribution in [0.4, 0.5) is 20.6 Å². The number of rotatable bonds is 6. The van der Waals surface area contributed by atoms with Gasteiger partial charge in [0.1, 0.15) is 0 Å². The molecule has 1 atom stereocenters. The fraction of sp³-hybridized carbons (Fsp3) is 0.455. The van der Waals surface area contributed by atoms with E-state index in [2.05, 4.69) is 15.6 Å². The van der Waals surface area contributed by atoms with Gasteiger partial charge in [-0.2, -0.15) is 4.31 Å². The monoisotopic (exact) mass is 461 g/mol. The molecule has 2 fully saturated rings. The van der Waals surface area contributed by atoms with Crippen molar-refractivity contribution in [1.29, 1.82) is 0 Å². The lowest BCUT2D eigenvalue weighted by atomic mass is 10.1. The SMILES string of the molecule is Cc1ccc(NC(=O)Nc2cccc(CN3CCN(S(=O)(=O)C4CC4)[C@H](C)C3)c2F)cn1. The van der Waals surface area contributed by atoms with Crippen molar-refractivity contribution in [2.24, 2.45) is 0 Å². The van der Waals surface area contributed by atoms with Gasteiger partial charge in [-0.25, -0.2) is 17.6 Å². The standard InChI is InChI=1S/C22H28FN5O3S/c1-15-6-7-18(12-24-15)25-22(29)26-20-5-3-4-17(21(20)23)14-27-10-11-28(16(2)13-27)32(30,31)19-8-9-19/h3-7,12,16,19H,8-11,13-14H2,1-2H3,(H2,25,26,29)/t16-/m1/s1. The van der Waals surface area contributed by atoms with Gasteiger partial charge in [0.15, 0.2) is 5.82 Å². The van der Waals surface area contributed by atoms with E-state index in [1.54, 1.807) is 28.6 Å². The fourth-order valence-corrected chi connectivity index (χ4v) is 5.98. The zero-order valence-corrected chi connectivity index (χ0v) is 19.0. The number of piperazine rings is 1. The van der Waals surface area contributed by atoms with Crippen LogP contribution in [0.2, 0.25) is 0 Å². The van der Waals surface area contributed by atoms with Crippen LogP contribution in [-0.2, 0) is 16.6 Å². The van der Waals surface area contributed by atoms with Crippen molar-refractivity contribution in [2.75, 3.05) is 30.3 Å². The molecule has 2 N–H and O–H groups in total. The smallest absolute Gasteiger partial charge is 0.306 e. The molecular formula is C22H28FN5O3S. The second-order valence-electron chi connectivity index (χ2n) is 8.49. The number of halogens is 1. The van der Waals surface area contributed by atoms with E-state index in [-0.39, 0.29) is 17.0 Å². The predicted octanol–water partition coefficient (Wildman–Crippen LogP) is 3.17. The molecule has 10 heteroatoms. The Balaban J connectivity index is 1.37. The number of amides is 2. The Morgan fingerprint density at radius 3 is 2.62 bits per heavy atom. The summed E-state index contributed by atoms with van der Waals surface area (Å²) in [5, 5.41) is 4.96. The van der Waals surface area contributed by atoms with Crippen molar-refractivity contribution < 1.29 is 17.6 Å². The summed E-state index contributed by atoms with van der Waals surface area (Å²) in [6, 6.07) is 7.66. The highest BCUT2D eigenvalue weighted by molar-refractivity contribution is 7.90. The Labute approximate surface area is 187 Å². The minimum atomic E-state index is -3.22. The summed E-state index contributed by atoms with van der Waals surface area (Å²) in [7, 11) is -3.22. The molecule has 2 aliphatic rings. The molecule has 32 heavy (non-hydrogen) atoms. The Morgan fingerprint density at radius 2 is 1.97 bits per heavy atom. The normalized spacial score (nSPS) is 20.2. The number of aryl methyl sites for hydroxylation is 1. The molecule has 0 radical (unpaired) electrons. The molecule has 2 aromatic rings. The van der Waals surface area contributed by atoms with E-state index >= 15 is 4.39 Å². The summed E-state index contributed by atoms with van der Waals surface area (Å²) in [6.07, 6.45) is 3.02. The topological polar surface area (TPSA) is 94.6 Å². The van der Waals surface area contributed by atoms with Crippen LogP contribution < -0.4 is 10.6 Å². The molecule has 1 saturated carbocycles. The highest BCUT2D eigenvalue weighted by Gasteiger charge is 2.43. The van der Waals surface area contributed by atoms with Crippen molar-refractivity contribution in [3.8, 4) is 0 Å². The fourth-order valence-electron chi connectivity index (χ4n) is 3.96. The van der Waals surface area contributed by atoms with Crippen LogP contribution in [0.5, 0.6) is 0 Å². The number of aromatic nitrogens is 1. The average molecular weight is 462 g/mol. The van der Waals surface area contributed by atoms with Crippen molar-refractivity contribution in [3.63, 3.8) is 0 Å². The van der Waals surface area contributed by atoms with Gasteiger partial charge in [-0.1, -0.05) is 12.1 Å². The number of carbonyl (C=O) groups excluding carboxylic acids is 1. The first kappa shape index (κ1) is 22.6. The number of hydrogen-bond donors (Lipinski definition) is 2. The Bertz CT molecular complexity index is 1090. The molecule has 2 amide bonds. The predicted molar refractivity (Wildman–Crippen MR) is 121 cm³/mol. The molecule has 1 saturated heterocycles. The van der Waals surface area contributed by atoms with Gasteiger partial charge in [-0.15, -0.1) is 0 Å². The molecule has 8 nitrogen and oxygen atoms in total. The van der Waals surface area contributed by atoms with Crippen molar-refractivity contribution in [3.05, 3.63) is 53.6 Å². The molecule has 2 heterocycles. The zero-order valence-electron chi connectivity index (χ0n) is 18.2. The van der Waals surface area contributed by atoms with Gasteiger partial charge < -0.3 is 10.6 Å². The molecular weight excluding hydrogens is 433 g/mol. The Morgan fingerprint density at radius 1 is 1.19 bits per heavy atom. The number of pyridine rings is 1. The van der Waals surface area contributed by atoms with Crippen LogP contribution in [0.25, 0.3) is 0 Å². The van der Waals surface area contributed by atoms with Gasteiger partial charge in [-0.3, -0.25) is 9.88 Å². The molecule has 1 aromatic heterocycles. The number of nitrogens with one attached hydrogen (secondary N) is 2. The van der Waals surface area contributed by atoms with E-state index in [1.807, 2.05) is 18.7 Å². The largest absolute Gasteiger partial charge is 0.323 e. The van der Waals surface area contributed by atoms with Crippen LogP contribution in [-0.4, -0.2) is 59.6 Å². The van der Waals surface area contributed by atoms with Gasteiger partial charge in [-0.05, 0) is 44.9 Å². The summed E-state index contributed by atoms with van der Waals surface area (Å²) < 4.78 is 41.8. The number of sulfonamides is 1. The second kappa shape index (κ2) is 9.13. The summed E-state index contributed by atoms with van der Waals surface area (Å²) >= 11 is 0. The first-order valence-corrected chi connectivity index (χ1v) is 12.3. The number of nitrogens with zero attached hydrogens (tertiary/aromatic N) is 3. The maximum Gasteiger partial charge on any atom is 0.323 e. The maximum atomic E-state index is 15.1. The molecule has 0 unspecified atom stereocenters. The third-order valence-corrected chi connectivity index (χ3v) is 8.32. The van der Waals surface area contributed by atoms with Crippen LogP contribution in [0, 0.1) is 12.7 Å². The summed E-state index contributed by atoms with van der Waals surface area (Å²) in [5.41, 5.74) is 1.88. The molecule has 4 rings (SSSR count). The van der Waals surface area contributed by atoms with Crippen LogP contribution in [0.1, 0.15) is 31.0 Å². The Hall–Kier alpha value is -2.56. The second-order valence-corrected chi connectivity index (χ2v) is 10.7. The van der Waals surface area contributed by atoms with Gasteiger partial charge in [0, 0.05) is 43.5 Å². The van der Waals surface area contributed by atoms with Crippen LogP contribution in [0.3, 0.4) is 0 Å². The van der Waals surface area contributed by atoms with E-state index in [0.717, 1.165) is 18.5 Å².